The van der Waals surface area contributed by atoms with Crippen molar-refractivity contribution in [3.05, 3.63) is 36.5 Å². The lowest BCUT2D eigenvalue weighted by Crippen LogP contribution is -2.44. The Labute approximate surface area is 148 Å². The van der Waals surface area contributed by atoms with E-state index < -0.39 is 28.9 Å². The molecule has 0 unspecified atom stereocenters. The number of aliphatic hydroxyl groups is 1. The summed E-state index contributed by atoms with van der Waals surface area (Å²) >= 11 is 0. The predicted octanol–water partition coefficient (Wildman–Crippen LogP) is 2.13. The number of carbonyl (C=O) groups is 3. The SMILES string of the molecule is C=C[C@@]1(C)C(=O)C=C([C@](C)(O)COC(C)=O)C[C@H]1C(=C)COC(C)=O. The molecule has 0 aliphatic heterocycles. The van der Waals surface area contributed by atoms with Gasteiger partial charge < -0.3 is 14.6 Å². The molecular weight excluding hydrogens is 324 g/mol. The van der Waals surface area contributed by atoms with Crippen molar-refractivity contribution in [1.29, 1.82) is 0 Å². The third-order valence-corrected chi connectivity index (χ3v) is 4.61. The summed E-state index contributed by atoms with van der Waals surface area (Å²) in [5.74, 6) is -1.60. The van der Waals surface area contributed by atoms with Gasteiger partial charge in [-0.1, -0.05) is 12.7 Å². The molecular formula is C19H26O6. The van der Waals surface area contributed by atoms with E-state index in [1.165, 1.54) is 26.8 Å². The number of hydrogen-bond acceptors (Lipinski definition) is 6. The van der Waals surface area contributed by atoms with Crippen LogP contribution in [0, 0.1) is 11.3 Å². The maximum atomic E-state index is 12.7. The van der Waals surface area contributed by atoms with E-state index in [1.54, 1.807) is 13.0 Å². The number of hydrogen-bond donors (Lipinski definition) is 1. The molecule has 0 radical (unpaired) electrons. The Balaban J connectivity index is 3.13. The minimum absolute atomic E-state index is 0.0178. The van der Waals surface area contributed by atoms with E-state index in [0.29, 0.717) is 17.6 Å². The summed E-state index contributed by atoms with van der Waals surface area (Å²) < 4.78 is 9.89. The van der Waals surface area contributed by atoms with E-state index in [9.17, 15) is 19.5 Å². The van der Waals surface area contributed by atoms with Crippen LogP contribution < -0.4 is 0 Å². The zero-order valence-electron chi connectivity index (χ0n) is 15.3. The van der Waals surface area contributed by atoms with E-state index in [0.717, 1.165) is 0 Å². The summed E-state index contributed by atoms with van der Waals surface area (Å²) in [4.78, 5) is 34.7. The second-order valence-electron chi connectivity index (χ2n) is 6.77. The first-order chi connectivity index (χ1) is 11.4. The van der Waals surface area contributed by atoms with Crippen molar-refractivity contribution in [1.82, 2.24) is 0 Å². The molecule has 0 fully saturated rings. The fourth-order valence-corrected chi connectivity index (χ4v) is 2.79. The van der Waals surface area contributed by atoms with Crippen LogP contribution >= 0.6 is 0 Å². The Morgan fingerprint density at radius 3 is 2.44 bits per heavy atom. The lowest BCUT2D eigenvalue weighted by Gasteiger charge is -2.41. The van der Waals surface area contributed by atoms with Gasteiger partial charge in [0.05, 0.1) is 5.41 Å². The van der Waals surface area contributed by atoms with Crippen molar-refractivity contribution in [2.45, 2.75) is 39.7 Å². The maximum Gasteiger partial charge on any atom is 0.302 e. The predicted molar refractivity (Wildman–Crippen MR) is 92.5 cm³/mol. The van der Waals surface area contributed by atoms with Gasteiger partial charge in [-0.3, -0.25) is 14.4 Å². The number of ketones is 1. The van der Waals surface area contributed by atoms with E-state index in [2.05, 4.69) is 13.2 Å². The Kier molecular flexibility index (Phi) is 6.48. The van der Waals surface area contributed by atoms with Crippen molar-refractivity contribution >= 4 is 17.7 Å². The molecule has 0 aromatic heterocycles. The van der Waals surface area contributed by atoms with Gasteiger partial charge in [-0.25, -0.2) is 0 Å². The molecule has 138 valence electrons. The van der Waals surface area contributed by atoms with Crippen LogP contribution in [0.5, 0.6) is 0 Å². The minimum atomic E-state index is -1.48. The zero-order valence-corrected chi connectivity index (χ0v) is 15.3. The van der Waals surface area contributed by atoms with E-state index in [1.807, 2.05) is 0 Å². The van der Waals surface area contributed by atoms with Gasteiger partial charge in [-0.2, -0.15) is 0 Å². The lowest BCUT2D eigenvalue weighted by atomic mass is 9.63. The van der Waals surface area contributed by atoms with Crippen LogP contribution in [-0.2, 0) is 23.9 Å². The molecule has 1 N–H and O–H groups in total. The first-order valence-electron chi connectivity index (χ1n) is 8.00. The largest absolute Gasteiger partial charge is 0.462 e. The molecule has 0 aromatic carbocycles. The Hall–Kier alpha value is -2.21. The highest BCUT2D eigenvalue weighted by Crippen LogP contribution is 2.45. The van der Waals surface area contributed by atoms with Gasteiger partial charge in [0.2, 0.25) is 0 Å². The fraction of sp³-hybridized carbons (Fsp3) is 0.526. The molecule has 0 aromatic rings. The summed E-state index contributed by atoms with van der Waals surface area (Å²) in [6.07, 6.45) is 3.23. The Morgan fingerprint density at radius 2 is 1.96 bits per heavy atom. The average molecular weight is 350 g/mol. The van der Waals surface area contributed by atoms with Crippen LogP contribution in [-0.4, -0.2) is 41.6 Å². The third kappa shape index (κ3) is 4.89. The minimum Gasteiger partial charge on any atom is -0.462 e. The quantitative estimate of drug-likeness (QED) is 0.559. The van der Waals surface area contributed by atoms with Crippen LogP contribution in [0.3, 0.4) is 0 Å². The number of ether oxygens (including phenoxy) is 2. The molecule has 1 rings (SSSR count). The fourth-order valence-electron chi connectivity index (χ4n) is 2.79. The smallest absolute Gasteiger partial charge is 0.302 e. The molecule has 0 amide bonds. The van der Waals surface area contributed by atoms with Crippen molar-refractivity contribution in [2.24, 2.45) is 11.3 Å². The van der Waals surface area contributed by atoms with Crippen molar-refractivity contribution in [3.63, 3.8) is 0 Å². The van der Waals surface area contributed by atoms with Crippen molar-refractivity contribution in [2.75, 3.05) is 13.2 Å². The zero-order chi connectivity index (χ0) is 19.4. The molecule has 0 spiro atoms. The molecule has 1 aliphatic carbocycles. The van der Waals surface area contributed by atoms with E-state index in [4.69, 9.17) is 9.47 Å². The molecule has 0 saturated carbocycles. The molecule has 25 heavy (non-hydrogen) atoms. The van der Waals surface area contributed by atoms with Crippen molar-refractivity contribution < 1.29 is 29.0 Å². The topological polar surface area (TPSA) is 89.9 Å². The van der Waals surface area contributed by atoms with Crippen LogP contribution in [0.1, 0.15) is 34.1 Å². The molecule has 6 heteroatoms. The van der Waals surface area contributed by atoms with Gasteiger partial charge in [0.1, 0.15) is 18.8 Å². The van der Waals surface area contributed by atoms with Crippen LogP contribution in [0.4, 0.5) is 0 Å². The Bertz CT molecular complexity index is 628. The summed E-state index contributed by atoms with van der Waals surface area (Å²) in [6, 6.07) is 0. The van der Waals surface area contributed by atoms with Gasteiger partial charge in [-0.15, -0.1) is 6.58 Å². The third-order valence-electron chi connectivity index (χ3n) is 4.61. The van der Waals surface area contributed by atoms with Gasteiger partial charge in [0, 0.05) is 19.8 Å². The van der Waals surface area contributed by atoms with Gasteiger partial charge >= 0.3 is 11.9 Å². The number of esters is 2. The normalized spacial score (nSPS) is 25.4. The number of allylic oxidation sites excluding steroid dienone is 2. The molecule has 1 aliphatic rings. The molecule has 0 saturated heterocycles. The summed E-state index contributed by atoms with van der Waals surface area (Å²) in [6.45, 7) is 13.2. The summed E-state index contributed by atoms with van der Waals surface area (Å²) in [7, 11) is 0. The van der Waals surface area contributed by atoms with Crippen LogP contribution in [0.25, 0.3) is 0 Å². The van der Waals surface area contributed by atoms with Crippen LogP contribution in [0.15, 0.2) is 36.5 Å². The molecule has 6 nitrogen and oxygen atoms in total. The number of carbonyl (C=O) groups excluding carboxylic acids is 3. The van der Waals surface area contributed by atoms with Crippen molar-refractivity contribution in [3.8, 4) is 0 Å². The lowest BCUT2D eigenvalue weighted by molar-refractivity contribution is -0.146. The summed E-state index contributed by atoms with van der Waals surface area (Å²) in [5, 5.41) is 10.6. The van der Waals surface area contributed by atoms with Gasteiger partial charge in [-0.05, 0) is 37.5 Å². The second-order valence-corrected chi connectivity index (χ2v) is 6.77. The standard InChI is InChI=1S/C19H26O6/c1-7-18(5)16(12(2)10-24-13(3)20)8-15(9-17(18)22)19(6,23)11-25-14(4)21/h7,9,16,23H,1-2,8,10-11H2,3-6H3/t16-,18+,19+/m0/s1. The Morgan fingerprint density at radius 1 is 1.40 bits per heavy atom. The van der Waals surface area contributed by atoms with Gasteiger partial charge in [0.15, 0.2) is 5.78 Å². The molecule has 0 bridgehead atoms. The van der Waals surface area contributed by atoms with E-state index in [-0.39, 0.29) is 19.0 Å². The first-order valence-corrected chi connectivity index (χ1v) is 8.00. The highest BCUT2D eigenvalue weighted by Gasteiger charge is 2.45. The average Bonchev–Trinajstić information content (AvgIpc) is 2.52. The highest BCUT2D eigenvalue weighted by atomic mass is 16.5. The summed E-state index contributed by atoms with van der Waals surface area (Å²) in [5.41, 5.74) is -1.41. The maximum absolute atomic E-state index is 12.7. The van der Waals surface area contributed by atoms with E-state index >= 15 is 0 Å². The first kappa shape index (κ1) is 20.8. The highest BCUT2D eigenvalue weighted by molar-refractivity contribution is 5.98. The second kappa shape index (κ2) is 7.78. The molecule has 0 heterocycles. The van der Waals surface area contributed by atoms with Crippen LogP contribution in [0.2, 0.25) is 0 Å². The van der Waals surface area contributed by atoms with Gasteiger partial charge in [0.25, 0.3) is 0 Å². The number of rotatable bonds is 7. The molecule has 3 atom stereocenters. The monoisotopic (exact) mass is 350 g/mol.